The number of aromatic nitrogens is 2. The molecule has 0 radical (unpaired) electrons. The number of benzene rings is 1. The lowest BCUT2D eigenvalue weighted by atomic mass is 10.2. The summed E-state index contributed by atoms with van der Waals surface area (Å²) >= 11 is 0. The van der Waals surface area contributed by atoms with E-state index in [0.29, 0.717) is 11.3 Å². The van der Waals surface area contributed by atoms with Gasteiger partial charge in [0.2, 0.25) is 0 Å². The molecule has 0 spiro atoms. The summed E-state index contributed by atoms with van der Waals surface area (Å²) in [4.78, 5) is 21.7. The highest BCUT2D eigenvalue weighted by molar-refractivity contribution is 5.99. The Morgan fingerprint density at radius 1 is 1.08 bits per heavy atom. The third kappa shape index (κ3) is 3.06. The zero-order chi connectivity index (χ0) is 17.3. The number of fused-ring (bicyclic) bond motifs is 1. The molecule has 2 aromatic heterocycles. The van der Waals surface area contributed by atoms with Crippen molar-refractivity contribution in [2.45, 2.75) is 27.7 Å². The maximum absolute atomic E-state index is 12.1. The van der Waals surface area contributed by atoms with Gasteiger partial charge in [-0.25, -0.2) is 9.78 Å². The summed E-state index contributed by atoms with van der Waals surface area (Å²) in [5.41, 5.74) is 5.83. The minimum atomic E-state index is -0.475. The zero-order valence-corrected chi connectivity index (χ0v) is 14.2. The molecule has 5 heteroatoms. The molecule has 2 heterocycles. The molecular formula is C19H19N3O2. The number of imidazole rings is 1. The summed E-state index contributed by atoms with van der Waals surface area (Å²) in [6.45, 7) is 7.71. The number of carbonyl (C=O) groups excluding carboxylic acids is 1. The molecule has 1 aromatic carbocycles. The second-order valence-corrected chi connectivity index (χ2v) is 5.90. The van der Waals surface area contributed by atoms with E-state index >= 15 is 0 Å². The lowest BCUT2D eigenvalue weighted by molar-refractivity contribution is 0.0516. The van der Waals surface area contributed by atoms with E-state index in [4.69, 9.17) is 4.84 Å². The highest BCUT2D eigenvalue weighted by Gasteiger charge is 2.13. The first-order valence-electron chi connectivity index (χ1n) is 7.74. The normalized spacial score (nSPS) is 11.8. The van der Waals surface area contributed by atoms with Crippen LogP contribution < -0.4 is 0 Å². The van der Waals surface area contributed by atoms with Gasteiger partial charge in [0, 0.05) is 6.20 Å². The lowest BCUT2D eigenvalue weighted by Gasteiger charge is -2.04. The van der Waals surface area contributed by atoms with Crippen LogP contribution in [0.3, 0.4) is 0 Å². The van der Waals surface area contributed by atoms with Gasteiger partial charge in [-0.3, -0.25) is 4.40 Å². The molecule has 0 fully saturated rings. The quantitative estimate of drug-likeness (QED) is 0.418. The highest BCUT2D eigenvalue weighted by Crippen LogP contribution is 2.15. The van der Waals surface area contributed by atoms with Gasteiger partial charge in [-0.1, -0.05) is 22.9 Å². The van der Waals surface area contributed by atoms with Crippen molar-refractivity contribution in [2.75, 3.05) is 0 Å². The summed E-state index contributed by atoms with van der Waals surface area (Å²) in [5, 5.41) is 4.01. The summed E-state index contributed by atoms with van der Waals surface area (Å²) in [6.07, 6.45) is 1.95. The Morgan fingerprint density at radius 2 is 1.79 bits per heavy atom. The van der Waals surface area contributed by atoms with Crippen LogP contribution in [0.5, 0.6) is 0 Å². The number of rotatable bonds is 3. The highest BCUT2D eigenvalue weighted by atomic mass is 16.7. The van der Waals surface area contributed by atoms with Gasteiger partial charge < -0.3 is 4.84 Å². The predicted octanol–water partition coefficient (Wildman–Crippen LogP) is 3.84. The standard InChI is InChI=1S/C19H19N3O2/c1-12-5-7-16(8-6-12)19(23)24-21-15(4)18-14(3)20-17-11-13(2)9-10-22(17)18/h5-11H,1-4H3. The van der Waals surface area contributed by atoms with E-state index in [0.717, 1.165) is 28.2 Å². The summed E-state index contributed by atoms with van der Waals surface area (Å²) in [6, 6.07) is 11.2. The minimum absolute atomic E-state index is 0.475. The lowest BCUT2D eigenvalue weighted by Crippen LogP contribution is -2.07. The van der Waals surface area contributed by atoms with Gasteiger partial charge in [0.15, 0.2) is 0 Å². The monoisotopic (exact) mass is 321 g/mol. The van der Waals surface area contributed by atoms with Crippen molar-refractivity contribution in [2.24, 2.45) is 5.16 Å². The van der Waals surface area contributed by atoms with E-state index < -0.39 is 5.97 Å². The molecule has 0 aliphatic heterocycles. The molecular weight excluding hydrogens is 302 g/mol. The Bertz CT molecular complexity index is 937. The van der Waals surface area contributed by atoms with Gasteiger partial charge in [0.05, 0.1) is 17.0 Å². The first kappa shape index (κ1) is 15.9. The van der Waals surface area contributed by atoms with E-state index in [1.54, 1.807) is 19.1 Å². The molecule has 122 valence electrons. The van der Waals surface area contributed by atoms with Crippen LogP contribution in [0, 0.1) is 20.8 Å². The molecule has 0 aliphatic rings. The number of carbonyl (C=O) groups is 1. The van der Waals surface area contributed by atoms with Gasteiger partial charge in [0.1, 0.15) is 11.4 Å². The van der Waals surface area contributed by atoms with Crippen LogP contribution in [-0.4, -0.2) is 21.1 Å². The summed E-state index contributed by atoms with van der Waals surface area (Å²) < 4.78 is 1.95. The second kappa shape index (κ2) is 6.28. The molecule has 0 unspecified atom stereocenters. The molecule has 3 aromatic rings. The largest absolute Gasteiger partial charge is 0.365 e. The van der Waals surface area contributed by atoms with E-state index in [-0.39, 0.29) is 0 Å². The number of aryl methyl sites for hydroxylation is 3. The molecule has 0 aliphatic carbocycles. The fraction of sp³-hybridized carbons (Fsp3) is 0.211. The molecule has 0 atom stereocenters. The van der Waals surface area contributed by atoms with Gasteiger partial charge in [-0.2, -0.15) is 0 Å². The van der Waals surface area contributed by atoms with Crippen molar-refractivity contribution in [3.05, 3.63) is 70.7 Å². The van der Waals surface area contributed by atoms with Crippen LogP contribution in [0.25, 0.3) is 5.65 Å². The fourth-order valence-corrected chi connectivity index (χ4v) is 2.60. The summed E-state index contributed by atoms with van der Waals surface area (Å²) in [5.74, 6) is -0.475. The molecule has 0 saturated carbocycles. The Balaban J connectivity index is 1.87. The summed E-state index contributed by atoms with van der Waals surface area (Å²) in [7, 11) is 0. The molecule has 24 heavy (non-hydrogen) atoms. The first-order valence-corrected chi connectivity index (χ1v) is 7.74. The maximum atomic E-state index is 12.1. The number of nitrogens with zero attached hydrogens (tertiary/aromatic N) is 3. The Kier molecular flexibility index (Phi) is 4.16. The Hall–Kier alpha value is -2.95. The van der Waals surface area contributed by atoms with Gasteiger partial charge in [0.25, 0.3) is 0 Å². The molecule has 5 nitrogen and oxygen atoms in total. The van der Waals surface area contributed by atoms with Gasteiger partial charge in [-0.05, 0) is 57.5 Å². The molecule has 3 rings (SSSR count). The average molecular weight is 321 g/mol. The van der Waals surface area contributed by atoms with Crippen LogP contribution >= 0.6 is 0 Å². The molecule has 0 N–H and O–H groups in total. The van der Waals surface area contributed by atoms with Gasteiger partial charge >= 0.3 is 5.97 Å². The van der Waals surface area contributed by atoms with Crippen LogP contribution in [0.2, 0.25) is 0 Å². The van der Waals surface area contributed by atoms with Crippen LogP contribution in [0.1, 0.15) is 39.8 Å². The van der Waals surface area contributed by atoms with Crippen molar-refractivity contribution < 1.29 is 9.63 Å². The van der Waals surface area contributed by atoms with E-state index in [2.05, 4.69) is 10.1 Å². The number of pyridine rings is 1. The Morgan fingerprint density at radius 3 is 2.50 bits per heavy atom. The number of oxime groups is 1. The van der Waals surface area contributed by atoms with Crippen molar-refractivity contribution in [3.8, 4) is 0 Å². The third-order valence-corrected chi connectivity index (χ3v) is 3.85. The number of hydrogen-bond donors (Lipinski definition) is 0. The zero-order valence-electron chi connectivity index (χ0n) is 14.2. The minimum Gasteiger partial charge on any atom is -0.312 e. The molecule has 0 saturated heterocycles. The van der Waals surface area contributed by atoms with Crippen molar-refractivity contribution >= 4 is 17.3 Å². The topological polar surface area (TPSA) is 56.0 Å². The van der Waals surface area contributed by atoms with Gasteiger partial charge in [-0.15, -0.1) is 0 Å². The maximum Gasteiger partial charge on any atom is 0.365 e. The predicted molar refractivity (Wildman–Crippen MR) is 93.5 cm³/mol. The smallest absolute Gasteiger partial charge is 0.312 e. The average Bonchev–Trinajstić information content (AvgIpc) is 2.87. The van der Waals surface area contributed by atoms with E-state index in [1.165, 1.54) is 0 Å². The molecule has 0 amide bonds. The third-order valence-electron chi connectivity index (χ3n) is 3.85. The fourth-order valence-electron chi connectivity index (χ4n) is 2.60. The first-order chi connectivity index (χ1) is 11.5. The van der Waals surface area contributed by atoms with Crippen LogP contribution in [-0.2, 0) is 4.84 Å². The van der Waals surface area contributed by atoms with Crippen LogP contribution in [0.15, 0.2) is 47.8 Å². The SMILES string of the molecule is CC(=NOC(=O)c1ccc(C)cc1)c1c(C)nc2cc(C)ccn12. The van der Waals surface area contributed by atoms with Crippen molar-refractivity contribution in [1.29, 1.82) is 0 Å². The van der Waals surface area contributed by atoms with Crippen molar-refractivity contribution in [1.82, 2.24) is 9.38 Å². The van der Waals surface area contributed by atoms with E-state index in [9.17, 15) is 4.79 Å². The molecule has 0 bridgehead atoms. The second-order valence-electron chi connectivity index (χ2n) is 5.90. The Labute approximate surface area is 140 Å². The van der Waals surface area contributed by atoms with Crippen molar-refractivity contribution in [3.63, 3.8) is 0 Å². The van der Waals surface area contributed by atoms with E-state index in [1.807, 2.05) is 55.6 Å². The number of hydrogen-bond acceptors (Lipinski definition) is 4. The van der Waals surface area contributed by atoms with Crippen LogP contribution in [0.4, 0.5) is 0 Å².